The summed E-state index contributed by atoms with van der Waals surface area (Å²) in [5, 5.41) is 0. The molecule has 0 radical (unpaired) electrons. The number of carbonyl (C=O) groups excluding carboxylic acids is 1. The Morgan fingerprint density at radius 1 is 1.12 bits per heavy atom. The van der Waals surface area contributed by atoms with E-state index in [4.69, 9.17) is 0 Å². The van der Waals surface area contributed by atoms with Gasteiger partial charge in [0, 0.05) is 12.6 Å². The van der Waals surface area contributed by atoms with Gasteiger partial charge in [-0.2, -0.15) is 0 Å². The number of rotatable bonds is 3. The highest BCUT2D eigenvalue weighted by Gasteiger charge is 2.35. The van der Waals surface area contributed by atoms with Crippen LogP contribution in [0.5, 0.6) is 0 Å². The molecule has 2 heterocycles. The summed E-state index contributed by atoms with van der Waals surface area (Å²) >= 11 is 0. The fourth-order valence-corrected chi connectivity index (χ4v) is 4.44. The molecule has 0 unspecified atom stereocenters. The number of aromatic nitrogens is 2. The fourth-order valence-electron chi connectivity index (χ4n) is 4.44. The lowest BCUT2D eigenvalue weighted by Crippen LogP contribution is -2.42. The lowest BCUT2D eigenvalue weighted by Gasteiger charge is -2.29. The van der Waals surface area contributed by atoms with E-state index in [1.807, 2.05) is 29.2 Å². The van der Waals surface area contributed by atoms with E-state index >= 15 is 0 Å². The minimum absolute atomic E-state index is 0.0721. The summed E-state index contributed by atoms with van der Waals surface area (Å²) in [5.41, 5.74) is 1.27. The first kappa shape index (κ1) is 15.4. The highest BCUT2D eigenvalue weighted by atomic mass is 16.2. The summed E-state index contributed by atoms with van der Waals surface area (Å²) in [4.78, 5) is 31.4. The second-order valence-corrected chi connectivity index (χ2v) is 7.01. The zero-order valence-corrected chi connectivity index (χ0v) is 13.9. The van der Waals surface area contributed by atoms with E-state index in [1.165, 1.54) is 31.9 Å². The van der Waals surface area contributed by atoms with Crippen LogP contribution in [0.3, 0.4) is 0 Å². The van der Waals surface area contributed by atoms with Crippen molar-refractivity contribution in [3.8, 4) is 0 Å². The SMILES string of the molecule is O=C(Cn1c(=O)cnc2ccccc21)N1CCC[C@@H]1C1CCCC1. The van der Waals surface area contributed by atoms with Gasteiger partial charge in [-0.05, 0) is 43.7 Å². The molecule has 0 bridgehead atoms. The normalized spacial score (nSPS) is 21.7. The average Bonchev–Trinajstić information content (AvgIpc) is 3.28. The molecule has 1 aliphatic carbocycles. The second kappa shape index (κ2) is 6.38. The minimum Gasteiger partial charge on any atom is -0.338 e. The highest BCUT2D eigenvalue weighted by molar-refractivity contribution is 5.80. The van der Waals surface area contributed by atoms with Gasteiger partial charge >= 0.3 is 0 Å². The van der Waals surface area contributed by atoms with E-state index in [0.717, 1.165) is 30.4 Å². The van der Waals surface area contributed by atoms with Gasteiger partial charge in [0.1, 0.15) is 6.54 Å². The van der Waals surface area contributed by atoms with Crippen LogP contribution in [0.1, 0.15) is 38.5 Å². The second-order valence-electron chi connectivity index (χ2n) is 7.01. The van der Waals surface area contributed by atoms with Gasteiger partial charge in [-0.3, -0.25) is 14.2 Å². The van der Waals surface area contributed by atoms with Gasteiger partial charge in [0.05, 0.1) is 17.2 Å². The maximum Gasteiger partial charge on any atom is 0.269 e. The van der Waals surface area contributed by atoms with Crippen LogP contribution in [0.25, 0.3) is 11.0 Å². The summed E-state index contributed by atoms with van der Waals surface area (Å²) in [6.45, 7) is 0.947. The standard InChI is InChI=1S/C19H23N3O2/c23-18-12-20-15-8-3-4-9-17(15)22(18)13-19(24)21-11-5-10-16(21)14-6-1-2-7-14/h3-4,8-9,12,14,16H,1-2,5-7,10-11,13H2/t16-/m1/s1. The number of carbonyl (C=O) groups is 1. The van der Waals surface area contributed by atoms with Crippen LogP contribution in [0.2, 0.25) is 0 Å². The third-order valence-electron chi connectivity index (χ3n) is 5.61. The lowest BCUT2D eigenvalue weighted by atomic mass is 9.96. The van der Waals surface area contributed by atoms with Crippen LogP contribution in [0.4, 0.5) is 0 Å². The Kier molecular flexibility index (Phi) is 4.08. The Hall–Kier alpha value is -2.17. The third kappa shape index (κ3) is 2.72. The molecule has 2 aliphatic rings. The van der Waals surface area contributed by atoms with Gasteiger partial charge in [0.15, 0.2) is 0 Å². The van der Waals surface area contributed by atoms with E-state index in [1.54, 1.807) is 4.57 Å². The summed E-state index contributed by atoms with van der Waals surface area (Å²) in [6.07, 6.45) is 8.57. The van der Waals surface area contributed by atoms with E-state index < -0.39 is 0 Å². The topological polar surface area (TPSA) is 55.2 Å². The van der Waals surface area contributed by atoms with Crippen LogP contribution in [0.15, 0.2) is 35.3 Å². The van der Waals surface area contributed by atoms with Crippen molar-refractivity contribution >= 4 is 16.9 Å². The molecule has 1 aromatic heterocycles. The molecule has 24 heavy (non-hydrogen) atoms. The number of benzene rings is 1. The first-order chi connectivity index (χ1) is 11.7. The monoisotopic (exact) mass is 325 g/mol. The smallest absolute Gasteiger partial charge is 0.269 e. The number of amides is 1. The molecule has 1 saturated carbocycles. The zero-order chi connectivity index (χ0) is 16.5. The van der Waals surface area contributed by atoms with Crippen molar-refractivity contribution < 1.29 is 4.79 Å². The van der Waals surface area contributed by atoms with Gasteiger partial charge in [-0.15, -0.1) is 0 Å². The van der Waals surface area contributed by atoms with Crippen molar-refractivity contribution in [1.82, 2.24) is 14.5 Å². The molecular formula is C19H23N3O2. The number of para-hydroxylation sites is 2. The number of nitrogens with zero attached hydrogens (tertiary/aromatic N) is 3. The minimum atomic E-state index is -0.210. The molecule has 2 aromatic rings. The molecule has 0 spiro atoms. The Labute approximate surface area is 141 Å². The molecule has 1 saturated heterocycles. The number of hydrogen-bond donors (Lipinski definition) is 0. The molecule has 126 valence electrons. The molecule has 0 N–H and O–H groups in total. The Bertz CT molecular complexity index is 808. The van der Waals surface area contributed by atoms with Crippen molar-refractivity contribution in [3.05, 3.63) is 40.8 Å². The van der Waals surface area contributed by atoms with Crippen LogP contribution in [0, 0.1) is 5.92 Å². The van der Waals surface area contributed by atoms with Gasteiger partial charge in [0.2, 0.25) is 5.91 Å². The van der Waals surface area contributed by atoms with Crippen molar-refractivity contribution in [2.75, 3.05) is 6.54 Å². The number of hydrogen-bond acceptors (Lipinski definition) is 3. The maximum absolute atomic E-state index is 12.9. The van der Waals surface area contributed by atoms with Crippen molar-refractivity contribution in [2.24, 2.45) is 5.92 Å². The molecule has 1 aliphatic heterocycles. The van der Waals surface area contributed by atoms with E-state index in [2.05, 4.69) is 4.98 Å². The number of fused-ring (bicyclic) bond motifs is 1. The Morgan fingerprint density at radius 3 is 2.75 bits per heavy atom. The zero-order valence-electron chi connectivity index (χ0n) is 13.9. The van der Waals surface area contributed by atoms with E-state index in [-0.39, 0.29) is 18.0 Å². The first-order valence-electron chi connectivity index (χ1n) is 8.98. The predicted molar refractivity (Wildman–Crippen MR) is 92.7 cm³/mol. The van der Waals surface area contributed by atoms with Crippen molar-refractivity contribution in [1.29, 1.82) is 0 Å². The van der Waals surface area contributed by atoms with Crippen LogP contribution in [-0.2, 0) is 11.3 Å². The molecule has 5 nitrogen and oxygen atoms in total. The largest absolute Gasteiger partial charge is 0.338 e. The van der Waals surface area contributed by atoms with Crippen LogP contribution >= 0.6 is 0 Å². The lowest BCUT2D eigenvalue weighted by molar-refractivity contribution is -0.133. The highest BCUT2D eigenvalue weighted by Crippen LogP contribution is 2.35. The van der Waals surface area contributed by atoms with Crippen molar-refractivity contribution in [3.63, 3.8) is 0 Å². The van der Waals surface area contributed by atoms with Crippen LogP contribution in [-0.4, -0.2) is 32.9 Å². The van der Waals surface area contributed by atoms with E-state index in [0.29, 0.717) is 12.0 Å². The molecule has 4 rings (SSSR count). The summed E-state index contributed by atoms with van der Waals surface area (Å²) in [5.74, 6) is 0.727. The molecule has 1 aromatic carbocycles. The maximum atomic E-state index is 12.9. The molecule has 2 fully saturated rings. The predicted octanol–water partition coefficient (Wildman–Crippen LogP) is 2.58. The molecule has 1 amide bonds. The van der Waals surface area contributed by atoms with Gasteiger partial charge < -0.3 is 4.90 Å². The van der Waals surface area contributed by atoms with Gasteiger partial charge in [-0.25, -0.2) is 4.98 Å². The fraction of sp³-hybridized carbons (Fsp3) is 0.526. The third-order valence-corrected chi connectivity index (χ3v) is 5.61. The molecule has 1 atom stereocenters. The van der Waals surface area contributed by atoms with Gasteiger partial charge in [-0.1, -0.05) is 25.0 Å². The first-order valence-corrected chi connectivity index (χ1v) is 8.98. The Balaban J connectivity index is 1.60. The quantitative estimate of drug-likeness (QED) is 0.871. The summed E-state index contributed by atoms with van der Waals surface area (Å²) in [7, 11) is 0. The number of likely N-dealkylation sites (tertiary alicyclic amines) is 1. The summed E-state index contributed by atoms with van der Waals surface area (Å²) < 4.78 is 1.56. The van der Waals surface area contributed by atoms with Gasteiger partial charge in [0.25, 0.3) is 5.56 Å². The molecule has 5 heteroatoms. The molecular weight excluding hydrogens is 302 g/mol. The average molecular weight is 325 g/mol. The van der Waals surface area contributed by atoms with Crippen LogP contribution < -0.4 is 5.56 Å². The van der Waals surface area contributed by atoms with E-state index in [9.17, 15) is 9.59 Å². The Morgan fingerprint density at radius 2 is 1.92 bits per heavy atom. The van der Waals surface area contributed by atoms with Crippen molar-refractivity contribution in [2.45, 2.75) is 51.1 Å². The summed E-state index contributed by atoms with van der Waals surface area (Å²) in [6, 6.07) is 7.87.